The highest BCUT2D eigenvalue weighted by Crippen LogP contribution is 2.28. The van der Waals surface area contributed by atoms with E-state index in [4.69, 9.17) is 0 Å². The van der Waals surface area contributed by atoms with E-state index in [-0.39, 0.29) is 10.6 Å². The molecule has 0 amide bonds. The van der Waals surface area contributed by atoms with Crippen molar-refractivity contribution in [3.05, 3.63) is 34.6 Å². The van der Waals surface area contributed by atoms with Crippen molar-refractivity contribution in [1.29, 1.82) is 0 Å². The molecule has 1 N–H and O–H groups in total. The van der Waals surface area contributed by atoms with E-state index in [1.54, 1.807) is 0 Å². The highest BCUT2D eigenvalue weighted by molar-refractivity contribution is 7.14. The summed E-state index contributed by atoms with van der Waals surface area (Å²) in [6.45, 7) is 3.74. The molecule has 0 unspecified atom stereocenters. The second-order valence-electron chi connectivity index (χ2n) is 4.22. The molecular weight excluding hydrogens is 287 g/mol. The van der Waals surface area contributed by atoms with Crippen LogP contribution in [-0.4, -0.2) is 23.3 Å². The number of halogens is 3. The Morgan fingerprint density at radius 3 is 2.65 bits per heavy atom. The molecule has 0 fully saturated rings. The second kappa shape index (κ2) is 6.81. The van der Waals surface area contributed by atoms with Gasteiger partial charge in [-0.2, -0.15) is 0 Å². The molecule has 0 atom stereocenters. The normalized spacial score (nSPS) is 11.0. The van der Waals surface area contributed by atoms with Crippen LogP contribution in [0.4, 0.5) is 13.2 Å². The van der Waals surface area contributed by atoms with E-state index in [9.17, 15) is 13.2 Å². The summed E-state index contributed by atoms with van der Waals surface area (Å²) in [7, 11) is 0. The zero-order chi connectivity index (χ0) is 14.5. The van der Waals surface area contributed by atoms with Gasteiger partial charge in [-0.3, -0.25) is 0 Å². The molecule has 0 saturated carbocycles. The lowest BCUT2D eigenvalue weighted by Gasteiger charge is -2.00. The summed E-state index contributed by atoms with van der Waals surface area (Å²) in [6.07, 6.45) is 1.71. The molecule has 3 nitrogen and oxygen atoms in total. The van der Waals surface area contributed by atoms with E-state index in [0.717, 1.165) is 30.6 Å². The standard InChI is InChI=1S/C13H14F3N3S/c1-2-6-17-7-5-10-18-19-13(20-10)8-3-4-9(14)12(16)11(8)15/h3-4,17H,2,5-7H2,1H3. The highest BCUT2D eigenvalue weighted by atomic mass is 32.1. The summed E-state index contributed by atoms with van der Waals surface area (Å²) in [5.41, 5.74) is -0.0610. The third-order valence-corrected chi connectivity index (χ3v) is 3.69. The summed E-state index contributed by atoms with van der Waals surface area (Å²) in [6, 6.07) is 2.06. The van der Waals surface area contributed by atoms with Crippen molar-refractivity contribution < 1.29 is 13.2 Å². The molecule has 20 heavy (non-hydrogen) atoms. The molecule has 1 aromatic carbocycles. The monoisotopic (exact) mass is 301 g/mol. The second-order valence-corrected chi connectivity index (χ2v) is 5.29. The maximum absolute atomic E-state index is 13.6. The first kappa shape index (κ1) is 14.9. The Bertz CT molecular complexity index is 586. The lowest BCUT2D eigenvalue weighted by molar-refractivity contribution is 0.449. The number of benzene rings is 1. The van der Waals surface area contributed by atoms with E-state index in [2.05, 4.69) is 22.4 Å². The minimum absolute atomic E-state index is 0.0610. The van der Waals surface area contributed by atoms with Crippen LogP contribution >= 0.6 is 11.3 Å². The van der Waals surface area contributed by atoms with Crippen LogP contribution in [0.2, 0.25) is 0 Å². The zero-order valence-corrected chi connectivity index (χ0v) is 11.7. The molecule has 0 saturated heterocycles. The quantitative estimate of drug-likeness (QED) is 0.658. The number of rotatable bonds is 6. The number of hydrogen-bond acceptors (Lipinski definition) is 4. The summed E-state index contributed by atoms with van der Waals surface area (Å²) >= 11 is 1.18. The van der Waals surface area contributed by atoms with E-state index in [1.165, 1.54) is 17.4 Å². The Morgan fingerprint density at radius 2 is 1.90 bits per heavy atom. The molecule has 0 aliphatic rings. The number of aromatic nitrogens is 2. The Morgan fingerprint density at radius 1 is 1.10 bits per heavy atom. The molecule has 0 spiro atoms. The van der Waals surface area contributed by atoms with E-state index < -0.39 is 17.5 Å². The summed E-state index contributed by atoms with van der Waals surface area (Å²) in [4.78, 5) is 0. The lowest BCUT2D eigenvalue weighted by Crippen LogP contribution is -2.17. The van der Waals surface area contributed by atoms with E-state index in [1.807, 2.05) is 0 Å². The molecule has 1 heterocycles. The largest absolute Gasteiger partial charge is 0.316 e. The van der Waals surface area contributed by atoms with E-state index >= 15 is 0 Å². The number of nitrogens with one attached hydrogen (secondary N) is 1. The fourth-order valence-electron chi connectivity index (χ4n) is 1.65. The predicted octanol–water partition coefficient (Wildman–Crippen LogP) is 3.16. The molecule has 0 aliphatic carbocycles. The van der Waals surface area contributed by atoms with Crippen LogP contribution in [0, 0.1) is 17.5 Å². The number of hydrogen-bond donors (Lipinski definition) is 1. The Labute approximate surface area is 118 Å². The topological polar surface area (TPSA) is 37.8 Å². The molecule has 0 aliphatic heterocycles. The van der Waals surface area contributed by atoms with Gasteiger partial charge in [0.05, 0.1) is 5.56 Å². The Kier molecular flexibility index (Phi) is 5.08. The summed E-state index contributed by atoms with van der Waals surface area (Å²) < 4.78 is 39.7. The minimum Gasteiger partial charge on any atom is -0.316 e. The van der Waals surface area contributed by atoms with Crippen molar-refractivity contribution in [3.63, 3.8) is 0 Å². The van der Waals surface area contributed by atoms with Gasteiger partial charge in [-0.1, -0.05) is 18.3 Å². The fourth-order valence-corrected chi connectivity index (χ4v) is 2.51. The van der Waals surface area contributed by atoms with Gasteiger partial charge in [-0.15, -0.1) is 10.2 Å². The van der Waals surface area contributed by atoms with Gasteiger partial charge in [-0.05, 0) is 25.1 Å². The van der Waals surface area contributed by atoms with Crippen LogP contribution in [0.3, 0.4) is 0 Å². The predicted molar refractivity (Wildman–Crippen MR) is 72.1 cm³/mol. The average Bonchev–Trinajstić information content (AvgIpc) is 2.90. The van der Waals surface area contributed by atoms with Crippen molar-refractivity contribution in [2.45, 2.75) is 19.8 Å². The first-order valence-electron chi connectivity index (χ1n) is 6.30. The molecule has 1 aromatic heterocycles. The third kappa shape index (κ3) is 3.34. The van der Waals surface area contributed by atoms with Crippen molar-refractivity contribution in [2.24, 2.45) is 0 Å². The van der Waals surface area contributed by atoms with Crippen molar-refractivity contribution in [1.82, 2.24) is 15.5 Å². The molecule has 0 radical (unpaired) electrons. The number of nitrogens with zero attached hydrogens (tertiary/aromatic N) is 2. The first-order chi connectivity index (χ1) is 9.63. The molecule has 2 rings (SSSR count). The molecular formula is C13H14F3N3S. The molecule has 2 aromatic rings. The van der Waals surface area contributed by atoms with Crippen molar-refractivity contribution >= 4 is 11.3 Å². The van der Waals surface area contributed by atoms with Gasteiger partial charge in [0.1, 0.15) is 5.01 Å². The van der Waals surface area contributed by atoms with Gasteiger partial charge in [0.15, 0.2) is 22.5 Å². The first-order valence-corrected chi connectivity index (χ1v) is 7.12. The fraction of sp³-hybridized carbons (Fsp3) is 0.385. The van der Waals surface area contributed by atoms with Crippen LogP contribution < -0.4 is 5.32 Å². The van der Waals surface area contributed by atoms with Crippen LogP contribution in [0.1, 0.15) is 18.4 Å². The van der Waals surface area contributed by atoms with Gasteiger partial charge >= 0.3 is 0 Å². The minimum atomic E-state index is -1.48. The Balaban J connectivity index is 2.11. The summed E-state index contributed by atoms with van der Waals surface area (Å²) in [5, 5.41) is 12.0. The van der Waals surface area contributed by atoms with Gasteiger partial charge in [-0.25, -0.2) is 13.2 Å². The third-order valence-electron chi connectivity index (χ3n) is 2.67. The van der Waals surface area contributed by atoms with Crippen LogP contribution in [0.5, 0.6) is 0 Å². The van der Waals surface area contributed by atoms with Gasteiger partial charge in [0.2, 0.25) is 0 Å². The van der Waals surface area contributed by atoms with Crippen LogP contribution in [-0.2, 0) is 6.42 Å². The molecule has 0 bridgehead atoms. The van der Waals surface area contributed by atoms with Gasteiger partial charge in [0.25, 0.3) is 0 Å². The molecule has 7 heteroatoms. The maximum Gasteiger partial charge on any atom is 0.195 e. The van der Waals surface area contributed by atoms with Crippen molar-refractivity contribution in [3.8, 4) is 10.6 Å². The van der Waals surface area contributed by atoms with Crippen LogP contribution in [0.15, 0.2) is 12.1 Å². The van der Waals surface area contributed by atoms with Crippen molar-refractivity contribution in [2.75, 3.05) is 13.1 Å². The maximum atomic E-state index is 13.6. The van der Waals surface area contributed by atoms with Gasteiger partial charge < -0.3 is 5.32 Å². The van der Waals surface area contributed by atoms with E-state index in [0.29, 0.717) is 6.42 Å². The SMILES string of the molecule is CCCNCCc1nnc(-c2ccc(F)c(F)c2F)s1. The summed E-state index contributed by atoms with van der Waals surface area (Å²) in [5.74, 6) is -3.92. The molecule has 108 valence electrons. The Hall–Kier alpha value is -1.47. The smallest absolute Gasteiger partial charge is 0.195 e. The van der Waals surface area contributed by atoms with Gasteiger partial charge in [0, 0.05) is 13.0 Å². The average molecular weight is 301 g/mol. The highest BCUT2D eigenvalue weighted by Gasteiger charge is 2.17. The zero-order valence-electron chi connectivity index (χ0n) is 10.9. The van der Waals surface area contributed by atoms with Crippen LogP contribution in [0.25, 0.3) is 10.6 Å². The lowest BCUT2D eigenvalue weighted by atomic mass is 10.2.